The molecule has 1 aromatic carbocycles. The van der Waals surface area contributed by atoms with E-state index in [0.717, 1.165) is 6.42 Å². The van der Waals surface area contributed by atoms with Crippen molar-refractivity contribution in [1.29, 1.82) is 0 Å². The number of aromatic carboxylic acids is 1. The molecule has 21 heavy (non-hydrogen) atoms. The van der Waals surface area contributed by atoms with E-state index < -0.39 is 17.1 Å². The van der Waals surface area contributed by atoms with E-state index in [1.165, 1.54) is 22.8 Å². The largest absolute Gasteiger partial charge is 0.478 e. The van der Waals surface area contributed by atoms with Gasteiger partial charge in [-0.15, -0.1) is 0 Å². The zero-order valence-electron chi connectivity index (χ0n) is 11.8. The Labute approximate surface area is 124 Å². The van der Waals surface area contributed by atoms with Gasteiger partial charge in [-0.1, -0.05) is 6.92 Å². The Hall–Kier alpha value is -2.02. The highest BCUT2D eigenvalue weighted by atomic mass is 32.2. The first kappa shape index (κ1) is 15.4. The lowest BCUT2D eigenvalue weighted by Gasteiger charge is -2.12. The zero-order valence-corrected chi connectivity index (χ0v) is 12.6. The van der Waals surface area contributed by atoms with Crippen LogP contribution in [0.3, 0.4) is 0 Å². The molecular formula is C14H16N2O4S. The fourth-order valence-corrected chi connectivity index (χ4v) is 2.39. The second-order valence-electron chi connectivity index (χ2n) is 4.78. The molecule has 2 rings (SSSR count). The maximum Gasteiger partial charge on any atom is 0.335 e. The van der Waals surface area contributed by atoms with Crippen molar-refractivity contribution in [2.24, 2.45) is 0 Å². The van der Waals surface area contributed by atoms with Gasteiger partial charge in [0.05, 0.1) is 16.6 Å². The van der Waals surface area contributed by atoms with E-state index in [9.17, 15) is 14.4 Å². The molecule has 1 aromatic heterocycles. The summed E-state index contributed by atoms with van der Waals surface area (Å²) in [6, 6.07) is 4.33. The molecule has 1 unspecified atom stereocenters. The number of fused-ring (bicyclic) bond motifs is 1. The molecule has 0 aliphatic carbocycles. The fraction of sp³-hybridized carbons (Fsp3) is 0.357. The van der Waals surface area contributed by atoms with E-state index in [1.54, 1.807) is 11.8 Å². The number of thioether (sulfide) groups is 1. The van der Waals surface area contributed by atoms with Crippen LogP contribution >= 0.6 is 11.8 Å². The maximum atomic E-state index is 12.0. The number of carboxylic acids is 1. The molecule has 0 saturated heterocycles. The minimum Gasteiger partial charge on any atom is -0.478 e. The van der Waals surface area contributed by atoms with Gasteiger partial charge >= 0.3 is 17.1 Å². The number of carboxylic acid groups (broad SMARTS) is 1. The van der Waals surface area contributed by atoms with Crippen molar-refractivity contribution in [3.05, 3.63) is 44.5 Å². The highest BCUT2D eigenvalue weighted by molar-refractivity contribution is 7.99. The number of nitrogens with zero attached hydrogens (tertiary/aromatic N) is 1. The van der Waals surface area contributed by atoms with Gasteiger partial charge < -0.3 is 14.7 Å². The minimum atomic E-state index is -1.07. The molecule has 7 heteroatoms. The van der Waals surface area contributed by atoms with Crippen LogP contribution in [0.2, 0.25) is 0 Å². The first-order chi connectivity index (χ1) is 9.93. The smallest absolute Gasteiger partial charge is 0.335 e. The lowest BCUT2D eigenvalue weighted by molar-refractivity contribution is 0.0697. The van der Waals surface area contributed by atoms with Crippen molar-refractivity contribution in [3.63, 3.8) is 0 Å². The number of rotatable bonds is 5. The lowest BCUT2D eigenvalue weighted by atomic mass is 10.2. The second-order valence-corrected chi connectivity index (χ2v) is 6.06. The SMILES string of the molecule is CSC(C)CCn1c(=O)c(=O)[nH]c2ccc(C(=O)O)cc21. The van der Waals surface area contributed by atoms with Crippen molar-refractivity contribution in [1.82, 2.24) is 9.55 Å². The van der Waals surface area contributed by atoms with Crippen molar-refractivity contribution in [2.75, 3.05) is 6.26 Å². The molecule has 1 atom stereocenters. The molecule has 6 nitrogen and oxygen atoms in total. The van der Waals surface area contributed by atoms with Gasteiger partial charge in [-0.05, 0) is 30.9 Å². The molecule has 0 aliphatic rings. The van der Waals surface area contributed by atoms with E-state index in [0.29, 0.717) is 22.8 Å². The molecule has 1 heterocycles. The Morgan fingerprint density at radius 2 is 2.14 bits per heavy atom. The topological polar surface area (TPSA) is 92.2 Å². The van der Waals surface area contributed by atoms with Crippen LogP contribution in [-0.4, -0.2) is 32.1 Å². The van der Waals surface area contributed by atoms with Crippen molar-refractivity contribution in [2.45, 2.75) is 25.1 Å². The molecule has 0 radical (unpaired) electrons. The van der Waals surface area contributed by atoms with Crippen LogP contribution in [-0.2, 0) is 6.54 Å². The zero-order chi connectivity index (χ0) is 15.6. The number of aromatic amines is 1. The highest BCUT2D eigenvalue weighted by Crippen LogP contribution is 2.15. The van der Waals surface area contributed by atoms with E-state index in [-0.39, 0.29) is 5.56 Å². The Morgan fingerprint density at radius 3 is 2.76 bits per heavy atom. The van der Waals surface area contributed by atoms with Gasteiger partial charge in [-0.25, -0.2) is 4.79 Å². The molecule has 2 N–H and O–H groups in total. The first-order valence-corrected chi connectivity index (χ1v) is 7.75. The maximum absolute atomic E-state index is 12.0. The van der Waals surface area contributed by atoms with Crippen molar-refractivity contribution in [3.8, 4) is 0 Å². The number of hydrogen-bond acceptors (Lipinski definition) is 4. The number of nitrogens with one attached hydrogen (secondary N) is 1. The van der Waals surface area contributed by atoms with Crippen LogP contribution in [0, 0.1) is 0 Å². The lowest BCUT2D eigenvalue weighted by Crippen LogP contribution is -2.36. The monoisotopic (exact) mass is 308 g/mol. The van der Waals surface area contributed by atoms with Gasteiger partial charge in [0.1, 0.15) is 0 Å². The highest BCUT2D eigenvalue weighted by Gasteiger charge is 2.11. The molecular weight excluding hydrogens is 292 g/mol. The normalized spacial score (nSPS) is 12.5. The molecule has 0 aliphatic heterocycles. The van der Waals surface area contributed by atoms with Gasteiger partial charge in [0.25, 0.3) is 0 Å². The molecule has 0 bridgehead atoms. The average molecular weight is 308 g/mol. The van der Waals surface area contributed by atoms with Gasteiger partial charge in [0, 0.05) is 11.8 Å². The first-order valence-electron chi connectivity index (χ1n) is 6.47. The Bertz CT molecular complexity index is 794. The number of carbonyl (C=O) groups is 1. The predicted molar refractivity (Wildman–Crippen MR) is 83.4 cm³/mol. The average Bonchev–Trinajstić information content (AvgIpc) is 2.46. The van der Waals surface area contributed by atoms with Gasteiger partial charge in [0.15, 0.2) is 0 Å². The third-order valence-corrected chi connectivity index (χ3v) is 4.43. The van der Waals surface area contributed by atoms with Crippen LogP contribution in [0.25, 0.3) is 11.0 Å². The van der Waals surface area contributed by atoms with Crippen LogP contribution in [0.1, 0.15) is 23.7 Å². The minimum absolute atomic E-state index is 0.0839. The third kappa shape index (κ3) is 3.18. The second kappa shape index (κ2) is 6.17. The van der Waals surface area contributed by atoms with Crippen LogP contribution < -0.4 is 11.1 Å². The summed E-state index contributed by atoms with van der Waals surface area (Å²) >= 11 is 1.67. The van der Waals surface area contributed by atoms with E-state index >= 15 is 0 Å². The number of H-pyrrole nitrogens is 1. The summed E-state index contributed by atoms with van der Waals surface area (Å²) in [6.45, 7) is 2.41. The fourth-order valence-electron chi connectivity index (χ4n) is 2.05. The van der Waals surface area contributed by atoms with Crippen molar-refractivity contribution >= 4 is 28.8 Å². The van der Waals surface area contributed by atoms with E-state index in [2.05, 4.69) is 4.98 Å². The molecule has 0 fully saturated rings. The summed E-state index contributed by atoms with van der Waals surface area (Å²) in [4.78, 5) is 37.2. The Balaban J connectivity index is 2.61. The summed E-state index contributed by atoms with van der Waals surface area (Å²) in [5, 5.41) is 9.39. The quantitative estimate of drug-likeness (QED) is 0.817. The summed E-state index contributed by atoms with van der Waals surface area (Å²) in [5.74, 6) is -1.07. The Kier molecular flexibility index (Phi) is 4.52. The Morgan fingerprint density at radius 1 is 1.43 bits per heavy atom. The standard InChI is InChI=1S/C14H16N2O4S/c1-8(21-2)5-6-16-11-7-9(14(19)20)3-4-10(11)15-12(17)13(16)18/h3-4,7-8H,5-6H2,1-2H3,(H,15,17)(H,19,20). The van der Waals surface area contributed by atoms with E-state index in [4.69, 9.17) is 5.11 Å². The van der Waals surface area contributed by atoms with Gasteiger partial charge in [0.2, 0.25) is 0 Å². The molecule has 2 aromatic rings. The third-order valence-electron chi connectivity index (χ3n) is 3.38. The molecule has 0 saturated carbocycles. The van der Waals surface area contributed by atoms with Crippen molar-refractivity contribution < 1.29 is 9.90 Å². The molecule has 0 spiro atoms. The van der Waals surface area contributed by atoms with Gasteiger partial charge in [-0.2, -0.15) is 11.8 Å². The van der Waals surface area contributed by atoms with Crippen LogP contribution in [0.5, 0.6) is 0 Å². The van der Waals surface area contributed by atoms with Crippen LogP contribution in [0.4, 0.5) is 0 Å². The number of aryl methyl sites for hydroxylation is 1. The molecule has 0 amide bonds. The number of hydrogen-bond donors (Lipinski definition) is 2. The number of benzene rings is 1. The summed E-state index contributed by atoms with van der Waals surface area (Å²) in [5.41, 5.74) is -0.365. The summed E-state index contributed by atoms with van der Waals surface area (Å²) in [7, 11) is 0. The summed E-state index contributed by atoms with van der Waals surface area (Å²) in [6.07, 6.45) is 2.70. The van der Waals surface area contributed by atoms with Crippen LogP contribution in [0.15, 0.2) is 27.8 Å². The van der Waals surface area contributed by atoms with Gasteiger partial charge in [-0.3, -0.25) is 9.59 Å². The molecule has 112 valence electrons. The summed E-state index contributed by atoms with van der Waals surface area (Å²) < 4.78 is 1.35. The predicted octanol–water partition coefficient (Wildman–Crippen LogP) is 1.53. The van der Waals surface area contributed by atoms with E-state index in [1.807, 2.05) is 13.2 Å². The number of aromatic nitrogens is 2.